The van der Waals surface area contributed by atoms with Gasteiger partial charge in [0.1, 0.15) is 0 Å². The van der Waals surface area contributed by atoms with Crippen molar-refractivity contribution < 1.29 is 4.74 Å². The lowest BCUT2D eigenvalue weighted by Gasteiger charge is -2.22. The van der Waals surface area contributed by atoms with Crippen molar-refractivity contribution >= 4 is 16.6 Å². The summed E-state index contributed by atoms with van der Waals surface area (Å²) in [7, 11) is 0. The normalized spacial score (nSPS) is 29.9. The summed E-state index contributed by atoms with van der Waals surface area (Å²) < 4.78 is 5.89. The fourth-order valence-electron chi connectivity index (χ4n) is 3.21. The number of fused-ring (bicyclic) bond motifs is 3. The van der Waals surface area contributed by atoms with Gasteiger partial charge in [-0.05, 0) is 31.4 Å². The first kappa shape index (κ1) is 10.3. The number of para-hydroxylation sites is 1. The van der Waals surface area contributed by atoms with Crippen molar-refractivity contribution in [2.24, 2.45) is 0 Å². The SMILES string of the molecule is c1ccc2c(NC3CC4CCC3O4)ccnc2c1. The van der Waals surface area contributed by atoms with E-state index in [2.05, 4.69) is 34.6 Å². The molecular formula is C15H16N2O. The molecular weight excluding hydrogens is 224 g/mol. The van der Waals surface area contributed by atoms with Crippen molar-refractivity contribution in [1.82, 2.24) is 4.98 Å². The van der Waals surface area contributed by atoms with Crippen LogP contribution in [0.2, 0.25) is 0 Å². The summed E-state index contributed by atoms with van der Waals surface area (Å²) in [6, 6.07) is 10.8. The molecule has 1 aromatic heterocycles. The van der Waals surface area contributed by atoms with Crippen LogP contribution in [0.5, 0.6) is 0 Å². The predicted octanol–water partition coefficient (Wildman–Crippen LogP) is 2.97. The Labute approximate surface area is 106 Å². The maximum absolute atomic E-state index is 5.89. The maximum atomic E-state index is 5.89. The summed E-state index contributed by atoms with van der Waals surface area (Å²) in [5.74, 6) is 0. The molecule has 3 heteroatoms. The number of ether oxygens (including phenoxy) is 1. The van der Waals surface area contributed by atoms with Crippen molar-refractivity contribution in [2.75, 3.05) is 5.32 Å². The molecule has 2 fully saturated rings. The van der Waals surface area contributed by atoms with Crippen molar-refractivity contribution in [2.45, 2.75) is 37.5 Å². The lowest BCUT2D eigenvalue weighted by atomic mass is 9.95. The average Bonchev–Trinajstić information content (AvgIpc) is 3.01. The predicted molar refractivity (Wildman–Crippen MR) is 71.7 cm³/mol. The van der Waals surface area contributed by atoms with E-state index in [4.69, 9.17) is 4.74 Å². The highest BCUT2D eigenvalue weighted by Crippen LogP contribution is 2.36. The molecule has 18 heavy (non-hydrogen) atoms. The summed E-state index contributed by atoms with van der Waals surface area (Å²) in [6.45, 7) is 0. The van der Waals surface area contributed by atoms with E-state index >= 15 is 0 Å². The van der Waals surface area contributed by atoms with Gasteiger partial charge in [-0.15, -0.1) is 0 Å². The maximum Gasteiger partial charge on any atom is 0.0781 e. The van der Waals surface area contributed by atoms with Crippen LogP contribution in [0.1, 0.15) is 19.3 Å². The molecule has 92 valence electrons. The van der Waals surface area contributed by atoms with E-state index in [1.165, 1.54) is 23.9 Å². The van der Waals surface area contributed by atoms with E-state index in [9.17, 15) is 0 Å². The first-order chi connectivity index (χ1) is 8.90. The van der Waals surface area contributed by atoms with Gasteiger partial charge in [-0.1, -0.05) is 18.2 Å². The van der Waals surface area contributed by atoms with Crippen LogP contribution in [0.15, 0.2) is 36.5 Å². The minimum absolute atomic E-state index is 0.405. The molecule has 1 N–H and O–H groups in total. The topological polar surface area (TPSA) is 34.1 Å². The van der Waals surface area contributed by atoms with Gasteiger partial charge < -0.3 is 10.1 Å². The fraction of sp³-hybridized carbons (Fsp3) is 0.400. The molecule has 3 atom stereocenters. The minimum Gasteiger partial charge on any atom is -0.379 e. The standard InChI is InChI=1S/C15H16N2O/c1-2-4-12-11(3-1)13(7-8-16-12)17-14-9-10-5-6-15(14)18-10/h1-4,7-8,10,14-15H,5-6,9H2,(H,16,17). The van der Waals surface area contributed by atoms with Crippen LogP contribution in [0.3, 0.4) is 0 Å². The number of hydrogen-bond acceptors (Lipinski definition) is 3. The summed E-state index contributed by atoms with van der Waals surface area (Å²) in [4.78, 5) is 4.39. The molecule has 3 heterocycles. The van der Waals surface area contributed by atoms with Crippen LogP contribution in [-0.4, -0.2) is 23.2 Å². The van der Waals surface area contributed by atoms with E-state index in [1.807, 2.05) is 12.3 Å². The third-order valence-electron chi connectivity index (χ3n) is 4.10. The average molecular weight is 240 g/mol. The smallest absolute Gasteiger partial charge is 0.0781 e. The zero-order chi connectivity index (χ0) is 11.9. The molecule has 4 rings (SSSR count). The van der Waals surface area contributed by atoms with Crippen LogP contribution in [0, 0.1) is 0 Å². The quantitative estimate of drug-likeness (QED) is 0.876. The van der Waals surface area contributed by atoms with Gasteiger partial charge in [0.15, 0.2) is 0 Å². The van der Waals surface area contributed by atoms with Crippen LogP contribution < -0.4 is 5.32 Å². The number of nitrogens with one attached hydrogen (secondary N) is 1. The summed E-state index contributed by atoms with van der Waals surface area (Å²) in [5.41, 5.74) is 2.23. The summed E-state index contributed by atoms with van der Waals surface area (Å²) in [6.07, 6.45) is 6.34. The van der Waals surface area contributed by atoms with E-state index in [0.717, 1.165) is 11.9 Å². The Hall–Kier alpha value is -1.61. The van der Waals surface area contributed by atoms with Gasteiger partial charge in [0.25, 0.3) is 0 Å². The Balaban J connectivity index is 1.67. The van der Waals surface area contributed by atoms with Crippen LogP contribution in [0.25, 0.3) is 10.9 Å². The third-order valence-corrected chi connectivity index (χ3v) is 4.10. The van der Waals surface area contributed by atoms with Gasteiger partial charge in [-0.3, -0.25) is 4.98 Å². The third kappa shape index (κ3) is 1.58. The lowest BCUT2D eigenvalue weighted by Crippen LogP contribution is -2.30. The molecule has 0 saturated carbocycles. The fourth-order valence-corrected chi connectivity index (χ4v) is 3.21. The van der Waals surface area contributed by atoms with E-state index in [0.29, 0.717) is 18.2 Å². The number of rotatable bonds is 2. The van der Waals surface area contributed by atoms with E-state index < -0.39 is 0 Å². The molecule has 3 unspecified atom stereocenters. The molecule has 1 aromatic carbocycles. The molecule has 2 aliphatic rings. The molecule has 2 aromatic rings. The molecule has 0 spiro atoms. The number of aromatic nitrogens is 1. The Morgan fingerprint density at radius 3 is 2.94 bits per heavy atom. The second kappa shape index (κ2) is 3.95. The molecule has 0 aliphatic carbocycles. The van der Waals surface area contributed by atoms with Crippen LogP contribution >= 0.6 is 0 Å². The summed E-state index contributed by atoms with van der Waals surface area (Å²) >= 11 is 0. The number of benzene rings is 1. The van der Waals surface area contributed by atoms with Gasteiger partial charge in [-0.25, -0.2) is 0 Å². The summed E-state index contributed by atoms with van der Waals surface area (Å²) in [5, 5.41) is 4.85. The van der Waals surface area contributed by atoms with Crippen LogP contribution in [-0.2, 0) is 4.74 Å². The minimum atomic E-state index is 0.405. The first-order valence-electron chi connectivity index (χ1n) is 6.66. The number of hydrogen-bond donors (Lipinski definition) is 1. The number of anilines is 1. The highest BCUT2D eigenvalue weighted by Gasteiger charge is 2.40. The number of pyridine rings is 1. The molecule has 0 radical (unpaired) electrons. The lowest BCUT2D eigenvalue weighted by molar-refractivity contribution is 0.102. The largest absolute Gasteiger partial charge is 0.379 e. The monoisotopic (exact) mass is 240 g/mol. The van der Waals surface area contributed by atoms with Gasteiger partial charge in [0.05, 0.1) is 23.8 Å². The van der Waals surface area contributed by atoms with E-state index in [1.54, 1.807) is 0 Å². The molecule has 0 amide bonds. The van der Waals surface area contributed by atoms with E-state index in [-0.39, 0.29) is 0 Å². The first-order valence-corrected chi connectivity index (χ1v) is 6.66. The Bertz CT molecular complexity index is 578. The second-order valence-corrected chi connectivity index (χ2v) is 5.24. The van der Waals surface area contributed by atoms with Crippen molar-refractivity contribution in [3.8, 4) is 0 Å². The highest BCUT2D eigenvalue weighted by molar-refractivity contribution is 5.91. The van der Waals surface area contributed by atoms with Gasteiger partial charge in [0, 0.05) is 17.3 Å². The van der Waals surface area contributed by atoms with Crippen molar-refractivity contribution in [3.63, 3.8) is 0 Å². The zero-order valence-electron chi connectivity index (χ0n) is 10.2. The second-order valence-electron chi connectivity index (χ2n) is 5.24. The zero-order valence-corrected chi connectivity index (χ0v) is 10.2. The molecule has 2 bridgehead atoms. The van der Waals surface area contributed by atoms with Crippen molar-refractivity contribution in [1.29, 1.82) is 0 Å². The van der Waals surface area contributed by atoms with Gasteiger partial charge >= 0.3 is 0 Å². The molecule has 2 saturated heterocycles. The number of nitrogens with zero attached hydrogens (tertiary/aromatic N) is 1. The van der Waals surface area contributed by atoms with Crippen molar-refractivity contribution in [3.05, 3.63) is 36.5 Å². The highest BCUT2D eigenvalue weighted by atomic mass is 16.5. The Morgan fingerprint density at radius 1 is 1.17 bits per heavy atom. The Morgan fingerprint density at radius 2 is 2.11 bits per heavy atom. The van der Waals surface area contributed by atoms with Crippen LogP contribution in [0.4, 0.5) is 5.69 Å². The Kier molecular flexibility index (Phi) is 2.27. The molecule has 3 nitrogen and oxygen atoms in total. The van der Waals surface area contributed by atoms with Gasteiger partial charge in [0.2, 0.25) is 0 Å². The van der Waals surface area contributed by atoms with Gasteiger partial charge in [-0.2, -0.15) is 0 Å². The molecule has 2 aliphatic heterocycles.